The lowest BCUT2D eigenvalue weighted by Crippen LogP contribution is -2.48. The van der Waals surface area contributed by atoms with Crippen LogP contribution < -0.4 is 0 Å². The number of hydrogen-bond acceptors (Lipinski definition) is 6. The normalized spacial score (nSPS) is 38.3. The Hall–Kier alpha value is -0.690. The summed E-state index contributed by atoms with van der Waals surface area (Å²) in [4.78, 5) is 20.3. The summed E-state index contributed by atoms with van der Waals surface area (Å²) in [5.74, 6) is 1.52. The van der Waals surface area contributed by atoms with Crippen molar-refractivity contribution >= 4 is 5.97 Å². The molecule has 0 bridgehead atoms. The van der Waals surface area contributed by atoms with E-state index in [-0.39, 0.29) is 18.0 Å². The quantitative estimate of drug-likeness (QED) is 0.658. The lowest BCUT2D eigenvalue weighted by molar-refractivity contribution is -0.152. The van der Waals surface area contributed by atoms with Gasteiger partial charge in [0.05, 0.1) is 25.7 Å². The van der Waals surface area contributed by atoms with Gasteiger partial charge in [0.25, 0.3) is 0 Å². The zero-order valence-corrected chi connectivity index (χ0v) is 17.6. The van der Waals surface area contributed by atoms with Crippen LogP contribution in [0.4, 0.5) is 0 Å². The van der Waals surface area contributed by atoms with Crippen molar-refractivity contribution in [3.63, 3.8) is 0 Å². The Morgan fingerprint density at radius 2 is 1.96 bits per heavy atom. The fourth-order valence-corrected chi connectivity index (χ4v) is 5.73. The first-order valence-electron chi connectivity index (χ1n) is 10.7. The van der Waals surface area contributed by atoms with E-state index in [1.54, 1.807) is 0 Å². The highest BCUT2D eigenvalue weighted by Crippen LogP contribution is 2.44. The summed E-state index contributed by atoms with van der Waals surface area (Å²) in [5.41, 5.74) is 0. The van der Waals surface area contributed by atoms with Crippen LogP contribution in [0.3, 0.4) is 0 Å². The maximum atomic E-state index is 12.3. The second kappa shape index (κ2) is 9.68. The molecule has 6 heteroatoms. The summed E-state index contributed by atoms with van der Waals surface area (Å²) < 4.78 is 11.2. The standard InChI is InChI=1S/C21H38N2O4/c1-22(2)18-12-16(11-17(13-18)21(24)26-4)19-8-5-7-15(20(19)25-3)14-23-9-6-10-27-23/h15-20H,5-14H2,1-4H3. The number of hydroxylamine groups is 2. The highest BCUT2D eigenvalue weighted by molar-refractivity contribution is 5.72. The number of hydrogen-bond donors (Lipinski definition) is 0. The monoisotopic (exact) mass is 382 g/mol. The van der Waals surface area contributed by atoms with Crippen LogP contribution in [0.15, 0.2) is 0 Å². The van der Waals surface area contributed by atoms with E-state index in [1.165, 1.54) is 26.4 Å². The minimum Gasteiger partial charge on any atom is -0.469 e. The van der Waals surface area contributed by atoms with E-state index in [9.17, 15) is 4.79 Å². The molecule has 0 amide bonds. The van der Waals surface area contributed by atoms with Crippen molar-refractivity contribution in [1.29, 1.82) is 0 Å². The van der Waals surface area contributed by atoms with Gasteiger partial charge < -0.3 is 14.4 Å². The first kappa shape index (κ1) is 21.0. The average Bonchev–Trinajstić information content (AvgIpc) is 3.19. The fraction of sp³-hybridized carbons (Fsp3) is 0.952. The molecule has 27 heavy (non-hydrogen) atoms. The molecular weight excluding hydrogens is 344 g/mol. The van der Waals surface area contributed by atoms with Crippen LogP contribution in [0.1, 0.15) is 44.9 Å². The smallest absolute Gasteiger partial charge is 0.308 e. The summed E-state index contributed by atoms with van der Waals surface area (Å²) in [6.07, 6.45) is 8.04. The number of ether oxygens (including phenoxy) is 2. The molecule has 0 aromatic heterocycles. The lowest BCUT2D eigenvalue weighted by Gasteiger charge is -2.46. The number of esters is 1. The van der Waals surface area contributed by atoms with Crippen LogP contribution in [-0.4, -0.2) is 76.1 Å². The molecule has 0 N–H and O–H groups in total. The van der Waals surface area contributed by atoms with Crippen molar-refractivity contribution in [1.82, 2.24) is 9.96 Å². The number of carbonyl (C=O) groups is 1. The molecule has 1 saturated heterocycles. The lowest BCUT2D eigenvalue weighted by atomic mass is 9.65. The van der Waals surface area contributed by atoms with E-state index in [2.05, 4.69) is 24.1 Å². The summed E-state index contributed by atoms with van der Waals surface area (Å²) in [6, 6.07) is 0.438. The second-order valence-corrected chi connectivity index (χ2v) is 8.93. The van der Waals surface area contributed by atoms with Crippen molar-refractivity contribution in [2.75, 3.05) is 48.0 Å². The van der Waals surface area contributed by atoms with Crippen molar-refractivity contribution in [3.8, 4) is 0 Å². The predicted octanol–water partition coefficient (Wildman–Crippen LogP) is 2.57. The molecule has 0 aromatic carbocycles. The Balaban J connectivity index is 1.71. The molecule has 0 aromatic rings. The van der Waals surface area contributed by atoms with Gasteiger partial charge >= 0.3 is 5.97 Å². The van der Waals surface area contributed by atoms with E-state index in [0.29, 0.717) is 23.8 Å². The Kier molecular flexibility index (Phi) is 7.54. The molecule has 0 spiro atoms. The highest BCUT2D eigenvalue weighted by Gasteiger charge is 2.44. The van der Waals surface area contributed by atoms with Gasteiger partial charge in [-0.05, 0) is 64.5 Å². The van der Waals surface area contributed by atoms with Crippen molar-refractivity contribution < 1.29 is 19.1 Å². The van der Waals surface area contributed by atoms with Gasteiger partial charge in [-0.25, -0.2) is 0 Å². The van der Waals surface area contributed by atoms with Crippen molar-refractivity contribution in [2.24, 2.45) is 23.7 Å². The molecular formula is C21H38N2O4. The number of carbonyl (C=O) groups excluding carboxylic acids is 1. The summed E-state index contributed by atoms with van der Waals surface area (Å²) in [6.45, 7) is 2.86. The molecule has 0 radical (unpaired) electrons. The Morgan fingerprint density at radius 1 is 1.15 bits per heavy atom. The Bertz CT molecular complexity index is 481. The molecule has 3 fully saturated rings. The Morgan fingerprint density at radius 3 is 2.59 bits per heavy atom. The van der Waals surface area contributed by atoms with Crippen molar-refractivity contribution in [2.45, 2.75) is 57.1 Å². The zero-order valence-electron chi connectivity index (χ0n) is 17.6. The van der Waals surface area contributed by atoms with Gasteiger partial charge in [0.1, 0.15) is 0 Å². The van der Waals surface area contributed by atoms with Gasteiger partial charge in [0, 0.05) is 32.2 Å². The minimum atomic E-state index is -0.0432. The van der Waals surface area contributed by atoms with E-state index in [4.69, 9.17) is 14.3 Å². The predicted molar refractivity (Wildman–Crippen MR) is 104 cm³/mol. The van der Waals surface area contributed by atoms with Crippen LogP contribution in [0, 0.1) is 23.7 Å². The molecule has 6 nitrogen and oxygen atoms in total. The van der Waals surface area contributed by atoms with E-state index in [1.807, 2.05) is 7.11 Å². The topological polar surface area (TPSA) is 51.2 Å². The molecule has 1 heterocycles. The van der Waals surface area contributed by atoms with Crippen molar-refractivity contribution in [3.05, 3.63) is 0 Å². The second-order valence-electron chi connectivity index (χ2n) is 8.93. The maximum absolute atomic E-state index is 12.3. The molecule has 156 valence electrons. The number of rotatable bonds is 6. The largest absolute Gasteiger partial charge is 0.469 e. The third-order valence-corrected chi connectivity index (χ3v) is 7.12. The number of nitrogens with zero attached hydrogens (tertiary/aromatic N) is 2. The third kappa shape index (κ3) is 5.03. The average molecular weight is 383 g/mol. The van der Waals surface area contributed by atoms with Gasteiger partial charge in [-0.3, -0.25) is 9.63 Å². The molecule has 2 aliphatic carbocycles. The fourth-order valence-electron chi connectivity index (χ4n) is 5.73. The van der Waals surface area contributed by atoms with Gasteiger partial charge in [0.2, 0.25) is 0 Å². The summed E-state index contributed by atoms with van der Waals surface area (Å²) in [7, 11) is 7.64. The molecule has 3 rings (SSSR count). The van der Waals surface area contributed by atoms with Gasteiger partial charge in [-0.15, -0.1) is 0 Å². The van der Waals surface area contributed by atoms with Crippen LogP contribution in [-0.2, 0) is 19.1 Å². The SMILES string of the molecule is COC(=O)C1CC(C2CCCC(CN3CCCO3)C2OC)CC(N(C)C)C1. The summed E-state index contributed by atoms with van der Waals surface area (Å²) in [5, 5.41) is 2.14. The van der Waals surface area contributed by atoms with Crippen LogP contribution in [0.2, 0.25) is 0 Å². The highest BCUT2D eigenvalue weighted by atomic mass is 16.7. The van der Waals surface area contributed by atoms with E-state index in [0.717, 1.165) is 45.4 Å². The molecule has 1 aliphatic heterocycles. The maximum Gasteiger partial charge on any atom is 0.308 e. The number of methoxy groups -OCH3 is 2. The van der Waals surface area contributed by atoms with Crippen LogP contribution in [0.5, 0.6) is 0 Å². The molecule has 2 saturated carbocycles. The molecule has 6 unspecified atom stereocenters. The molecule has 6 atom stereocenters. The van der Waals surface area contributed by atoms with Crippen LogP contribution in [0.25, 0.3) is 0 Å². The first-order valence-corrected chi connectivity index (χ1v) is 10.7. The first-order chi connectivity index (χ1) is 13.0. The zero-order chi connectivity index (χ0) is 19.4. The van der Waals surface area contributed by atoms with Gasteiger partial charge in [0.15, 0.2) is 0 Å². The van der Waals surface area contributed by atoms with Gasteiger partial charge in [-0.2, -0.15) is 5.06 Å². The minimum absolute atomic E-state index is 0.0148. The third-order valence-electron chi connectivity index (χ3n) is 7.12. The molecule has 3 aliphatic rings. The van der Waals surface area contributed by atoms with E-state index >= 15 is 0 Å². The van der Waals surface area contributed by atoms with Gasteiger partial charge in [-0.1, -0.05) is 6.42 Å². The summed E-state index contributed by atoms with van der Waals surface area (Å²) >= 11 is 0. The Labute approximate surface area is 164 Å². The van der Waals surface area contributed by atoms with Crippen LogP contribution >= 0.6 is 0 Å². The van der Waals surface area contributed by atoms with E-state index < -0.39 is 0 Å².